The molecule has 0 saturated heterocycles. The Hall–Kier alpha value is -1.27. The maximum atomic E-state index is 6.27. The van der Waals surface area contributed by atoms with Gasteiger partial charge in [0.05, 0.1) is 6.04 Å². The van der Waals surface area contributed by atoms with E-state index in [9.17, 15) is 0 Å². The Balaban J connectivity index is 1.81. The lowest BCUT2D eigenvalue weighted by Crippen LogP contribution is -2.23. The molecule has 1 unspecified atom stereocenters. The van der Waals surface area contributed by atoms with Gasteiger partial charge < -0.3 is 10.3 Å². The van der Waals surface area contributed by atoms with Crippen molar-refractivity contribution in [2.24, 2.45) is 11.7 Å². The van der Waals surface area contributed by atoms with Crippen LogP contribution < -0.4 is 5.73 Å². The van der Waals surface area contributed by atoms with Gasteiger partial charge in [-0.2, -0.15) is 4.98 Å². The van der Waals surface area contributed by atoms with Crippen LogP contribution in [0.4, 0.5) is 0 Å². The van der Waals surface area contributed by atoms with Crippen LogP contribution in [0.5, 0.6) is 0 Å². The fraction of sp³-hybridized carbons (Fsp3) is 0.500. The van der Waals surface area contributed by atoms with Crippen LogP contribution in [0.15, 0.2) is 27.3 Å². The van der Waals surface area contributed by atoms with E-state index in [1.807, 2.05) is 12.1 Å². The predicted octanol–water partition coefficient (Wildman–Crippen LogP) is 3.47. The van der Waals surface area contributed by atoms with Gasteiger partial charge in [0.1, 0.15) is 5.69 Å². The number of rotatable bonds is 3. The second-order valence-electron chi connectivity index (χ2n) is 5.21. The summed E-state index contributed by atoms with van der Waals surface area (Å²) in [5.41, 5.74) is 6.95. The normalized spacial score (nSPS) is 18.1. The first kappa shape index (κ1) is 13.7. The first-order valence-electron chi connectivity index (χ1n) is 6.96. The zero-order chi connectivity index (χ0) is 13.9. The molecule has 2 heterocycles. The lowest BCUT2D eigenvalue weighted by atomic mass is 9.84. The number of nitrogens with two attached hydrogens (primary N) is 1. The van der Waals surface area contributed by atoms with Crippen LogP contribution in [0.1, 0.15) is 44.0 Å². The topological polar surface area (TPSA) is 77.8 Å². The highest BCUT2D eigenvalue weighted by Crippen LogP contribution is 2.33. The number of nitrogens with zero attached hydrogens (tertiary/aromatic N) is 3. The van der Waals surface area contributed by atoms with E-state index in [-0.39, 0.29) is 6.04 Å². The second-order valence-corrected chi connectivity index (χ2v) is 6.07. The van der Waals surface area contributed by atoms with Gasteiger partial charge in [0.25, 0.3) is 0 Å². The fourth-order valence-corrected chi connectivity index (χ4v) is 3.14. The number of pyridine rings is 1. The molecule has 106 valence electrons. The van der Waals surface area contributed by atoms with Gasteiger partial charge in [-0.15, -0.1) is 0 Å². The van der Waals surface area contributed by atoms with Gasteiger partial charge >= 0.3 is 0 Å². The molecule has 1 atom stereocenters. The van der Waals surface area contributed by atoms with Crippen molar-refractivity contribution in [2.75, 3.05) is 0 Å². The Labute approximate surface area is 126 Å². The molecule has 1 aliphatic carbocycles. The standard InChI is InChI=1S/C14H17BrN4O/c15-10-7-4-8-17-12(10)13-18-14(20-19-13)11(16)9-5-2-1-3-6-9/h4,7-9,11H,1-3,5-6,16H2. The Bertz CT molecular complexity index is 580. The van der Waals surface area contributed by atoms with Crippen LogP contribution in [0.3, 0.4) is 0 Å². The van der Waals surface area contributed by atoms with Crippen LogP contribution in [0, 0.1) is 5.92 Å². The van der Waals surface area contributed by atoms with E-state index in [0.29, 0.717) is 23.3 Å². The summed E-state index contributed by atoms with van der Waals surface area (Å²) in [7, 11) is 0. The summed E-state index contributed by atoms with van der Waals surface area (Å²) in [6.45, 7) is 0. The third-order valence-electron chi connectivity index (χ3n) is 3.85. The zero-order valence-electron chi connectivity index (χ0n) is 11.1. The maximum Gasteiger partial charge on any atom is 0.244 e. The van der Waals surface area contributed by atoms with E-state index in [4.69, 9.17) is 10.3 Å². The molecular weight excluding hydrogens is 320 g/mol. The van der Waals surface area contributed by atoms with Gasteiger partial charge in [-0.3, -0.25) is 4.98 Å². The molecule has 5 nitrogen and oxygen atoms in total. The molecule has 20 heavy (non-hydrogen) atoms. The van der Waals surface area contributed by atoms with Crippen LogP contribution >= 0.6 is 15.9 Å². The third-order valence-corrected chi connectivity index (χ3v) is 4.49. The predicted molar refractivity (Wildman–Crippen MR) is 78.7 cm³/mol. The number of halogens is 1. The molecule has 0 aromatic carbocycles. The summed E-state index contributed by atoms with van der Waals surface area (Å²) in [6, 6.07) is 3.58. The minimum atomic E-state index is -0.168. The molecule has 3 rings (SSSR count). The summed E-state index contributed by atoms with van der Waals surface area (Å²) < 4.78 is 6.19. The molecule has 0 radical (unpaired) electrons. The monoisotopic (exact) mass is 336 g/mol. The van der Waals surface area contributed by atoms with Crippen molar-refractivity contribution >= 4 is 15.9 Å². The lowest BCUT2D eigenvalue weighted by Gasteiger charge is -2.24. The number of aromatic nitrogens is 3. The van der Waals surface area contributed by atoms with Crippen LogP contribution in [0.2, 0.25) is 0 Å². The highest BCUT2D eigenvalue weighted by atomic mass is 79.9. The molecule has 0 aliphatic heterocycles. The summed E-state index contributed by atoms with van der Waals surface area (Å²) in [5.74, 6) is 1.45. The van der Waals surface area contributed by atoms with Crippen molar-refractivity contribution in [3.63, 3.8) is 0 Å². The molecule has 0 amide bonds. The number of hydrogen-bond acceptors (Lipinski definition) is 5. The van der Waals surface area contributed by atoms with Crippen molar-refractivity contribution in [3.8, 4) is 11.5 Å². The summed E-state index contributed by atoms with van der Waals surface area (Å²) in [5, 5.41) is 4.00. The molecule has 2 aromatic heterocycles. The first-order valence-corrected chi connectivity index (χ1v) is 7.75. The highest BCUT2D eigenvalue weighted by Gasteiger charge is 2.26. The van der Waals surface area contributed by atoms with Gasteiger partial charge in [-0.25, -0.2) is 0 Å². The van der Waals surface area contributed by atoms with Crippen molar-refractivity contribution < 1.29 is 4.52 Å². The average Bonchev–Trinajstić information content (AvgIpc) is 2.97. The Morgan fingerprint density at radius 2 is 2.10 bits per heavy atom. The second kappa shape index (κ2) is 6.01. The first-order chi connectivity index (χ1) is 9.75. The smallest absolute Gasteiger partial charge is 0.244 e. The summed E-state index contributed by atoms with van der Waals surface area (Å²) in [6.07, 6.45) is 7.78. The van der Waals surface area contributed by atoms with E-state index in [1.54, 1.807) is 6.20 Å². The minimum Gasteiger partial charge on any atom is -0.337 e. The van der Waals surface area contributed by atoms with Crippen molar-refractivity contribution in [2.45, 2.75) is 38.1 Å². The third kappa shape index (κ3) is 2.76. The van der Waals surface area contributed by atoms with E-state index >= 15 is 0 Å². The van der Waals surface area contributed by atoms with Crippen LogP contribution in [-0.4, -0.2) is 15.1 Å². The Morgan fingerprint density at radius 1 is 1.30 bits per heavy atom. The van der Waals surface area contributed by atoms with Gasteiger partial charge in [0.15, 0.2) is 0 Å². The fourth-order valence-electron chi connectivity index (χ4n) is 2.71. The lowest BCUT2D eigenvalue weighted by molar-refractivity contribution is 0.255. The van der Waals surface area contributed by atoms with Crippen LogP contribution in [-0.2, 0) is 0 Å². The van der Waals surface area contributed by atoms with Crippen molar-refractivity contribution in [1.82, 2.24) is 15.1 Å². The minimum absolute atomic E-state index is 0.168. The molecule has 6 heteroatoms. The van der Waals surface area contributed by atoms with Crippen LogP contribution in [0.25, 0.3) is 11.5 Å². The average molecular weight is 337 g/mol. The SMILES string of the molecule is NC(c1nc(-c2ncccc2Br)no1)C1CCCCC1. The highest BCUT2D eigenvalue weighted by molar-refractivity contribution is 9.10. The molecule has 1 saturated carbocycles. The van der Waals surface area contributed by atoms with E-state index in [2.05, 4.69) is 31.1 Å². The van der Waals surface area contributed by atoms with Gasteiger partial charge in [-0.1, -0.05) is 24.4 Å². The van der Waals surface area contributed by atoms with Gasteiger partial charge in [0, 0.05) is 10.7 Å². The van der Waals surface area contributed by atoms with Crippen molar-refractivity contribution in [3.05, 3.63) is 28.7 Å². The van der Waals surface area contributed by atoms with Gasteiger partial charge in [-0.05, 0) is 46.8 Å². The Kier molecular flexibility index (Phi) is 4.12. The van der Waals surface area contributed by atoms with Crippen molar-refractivity contribution in [1.29, 1.82) is 0 Å². The molecule has 2 aromatic rings. The number of hydrogen-bond donors (Lipinski definition) is 1. The molecular formula is C14H17BrN4O. The van der Waals surface area contributed by atoms with Gasteiger partial charge in [0.2, 0.25) is 11.7 Å². The molecule has 1 fully saturated rings. The summed E-state index contributed by atoms with van der Waals surface area (Å²) in [4.78, 5) is 8.68. The zero-order valence-corrected chi connectivity index (χ0v) is 12.7. The molecule has 1 aliphatic rings. The molecule has 2 N–H and O–H groups in total. The summed E-state index contributed by atoms with van der Waals surface area (Å²) >= 11 is 3.44. The van der Waals surface area contributed by atoms with E-state index < -0.39 is 0 Å². The molecule has 0 bridgehead atoms. The van der Waals surface area contributed by atoms with E-state index in [1.165, 1.54) is 19.3 Å². The molecule has 0 spiro atoms. The maximum absolute atomic E-state index is 6.27. The Morgan fingerprint density at radius 3 is 2.85 bits per heavy atom. The van der Waals surface area contributed by atoms with E-state index in [0.717, 1.165) is 17.3 Å². The quantitative estimate of drug-likeness (QED) is 0.928. The largest absolute Gasteiger partial charge is 0.337 e.